The smallest absolute Gasteiger partial charge is 0.221 e. The maximum absolute atomic E-state index is 11.5. The molecule has 1 N–H and O–H groups in total. The van der Waals surface area contributed by atoms with E-state index in [1.807, 2.05) is 18.2 Å². The maximum Gasteiger partial charge on any atom is 0.221 e. The minimum Gasteiger partial charge on any atom is -0.497 e. The second-order valence-corrected chi connectivity index (χ2v) is 8.66. The van der Waals surface area contributed by atoms with Gasteiger partial charge in [0.2, 0.25) is 5.91 Å². The van der Waals surface area contributed by atoms with Gasteiger partial charge in [-0.15, -0.1) is 0 Å². The van der Waals surface area contributed by atoms with Gasteiger partial charge in [-0.05, 0) is 68.0 Å². The van der Waals surface area contributed by atoms with Gasteiger partial charge in [0.1, 0.15) is 5.75 Å². The zero-order valence-corrected chi connectivity index (χ0v) is 18.4. The molecule has 1 unspecified atom stereocenters. The van der Waals surface area contributed by atoms with Gasteiger partial charge in [-0.1, -0.05) is 18.2 Å². The van der Waals surface area contributed by atoms with Crippen LogP contribution in [0.15, 0.2) is 42.5 Å². The number of methoxy groups -OCH3 is 1. The Morgan fingerprint density at radius 3 is 2.53 bits per heavy atom. The topological polar surface area (TPSA) is 44.8 Å². The molecule has 0 aromatic heterocycles. The van der Waals surface area contributed by atoms with Crippen molar-refractivity contribution < 1.29 is 9.53 Å². The Morgan fingerprint density at radius 1 is 1.13 bits per heavy atom. The van der Waals surface area contributed by atoms with Gasteiger partial charge in [-0.2, -0.15) is 0 Å². The Kier molecular flexibility index (Phi) is 6.28. The predicted octanol–water partition coefficient (Wildman–Crippen LogP) is 4.11. The first-order chi connectivity index (χ1) is 14.5. The molecule has 0 bridgehead atoms. The lowest BCUT2D eigenvalue weighted by molar-refractivity contribution is -0.114. The van der Waals surface area contributed by atoms with Crippen LogP contribution in [0.25, 0.3) is 0 Å². The van der Waals surface area contributed by atoms with Crippen LogP contribution in [0.5, 0.6) is 5.75 Å². The summed E-state index contributed by atoms with van der Waals surface area (Å²) in [5.41, 5.74) is 4.98. The fourth-order valence-electron chi connectivity index (χ4n) is 4.97. The van der Waals surface area contributed by atoms with Crippen LogP contribution in [0.2, 0.25) is 0 Å². The summed E-state index contributed by atoms with van der Waals surface area (Å²) in [4.78, 5) is 16.7. The number of nitrogens with zero attached hydrogens (tertiary/aromatic N) is 2. The fraction of sp³-hybridized carbons (Fsp3) is 0.480. The van der Waals surface area contributed by atoms with E-state index < -0.39 is 0 Å². The molecule has 0 spiro atoms. The molecule has 5 heteroatoms. The third-order valence-electron chi connectivity index (χ3n) is 6.50. The van der Waals surface area contributed by atoms with E-state index in [0.29, 0.717) is 12.1 Å². The Balaban J connectivity index is 1.34. The summed E-state index contributed by atoms with van der Waals surface area (Å²) in [6.07, 6.45) is 4.55. The lowest BCUT2D eigenvalue weighted by Gasteiger charge is -2.40. The first kappa shape index (κ1) is 20.7. The summed E-state index contributed by atoms with van der Waals surface area (Å²) in [5, 5.41) is 2.94. The molecule has 1 amide bonds. The highest BCUT2D eigenvalue weighted by Gasteiger charge is 2.33. The quantitative estimate of drug-likeness (QED) is 0.783. The highest BCUT2D eigenvalue weighted by Crippen LogP contribution is 2.38. The lowest BCUT2D eigenvalue weighted by Crippen LogP contribution is -2.47. The molecule has 30 heavy (non-hydrogen) atoms. The molecule has 5 nitrogen and oxygen atoms in total. The molecular formula is C25H33N3O2. The Morgan fingerprint density at radius 2 is 1.87 bits per heavy atom. The van der Waals surface area contributed by atoms with Crippen molar-refractivity contribution in [1.82, 2.24) is 4.90 Å². The largest absolute Gasteiger partial charge is 0.497 e. The second-order valence-electron chi connectivity index (χ2n) is 8.66. The van der Waals surface area contributed by atoms with E-state index in [0.717, 1.165) is 43.9 Å². The van der Waals surface area contributed by atoms with Crippen LogP contribution in [0.3, 0.4) is 0 Å². The normalized spacial score (nSPS) is 19.6. The molecular weight excluding hydrogens is 374 g/mol. The van der Waals surface area contributed by atoms with Crippen LogP contribution >= 0.6 is 0 Å². The Hall–Kier alpha value is -2.53. The molecule has 2 aliphatic heterocycles. The molecule has 160 valence electrons. The van der Waals surface area contributed by atoms with E-state index in [4.69, 9.17) is 4.74 Å². The summed E-state index contributed by atoms with van der Waals surface area (Å²) in [7, 11) is 1.71. The minimum absolute atomic E-state index is 0.0160. The van der Waals surface area contributed by atoms with E-state index in [-0.39, 0.29) is 5.91 Å². The van der Waals surface area contributed by atoms with Gasteiger partial charge in [-0.25, -0.2) is 0 Å². The van der Waals surface area contributed by atoms with Gasteiger partial charge in [0, 0.05) is 50.0 Å². The third-order valence-corrected chi connectivity index (χ3v) is 6.50. The highest BCUT2D eigenvalue weighted by atomic mass is 16.5. The lowest BCUT2D eigenvalue weighted by atomic mass is 10.0. The van der Waals surface area contributed by atoms with Crippen molar-refractivity contribution in [3.05, 3.63) is 53.6 Å². The molecule has 0 aliphatic carbocycles. The zero-order chi connectivity index (χ0) is 21.1. The molecule has 1 fully saturated rings. The van der Waals surface area contributed by atoms with Crippen molar-refractivity contribution in [3.63, 3.8) is 0 Å². The number of rotatable bonds is 6. The number of carbonyl (C=O) groups excluding carboxylic acids is 1. The van der Waals surface area contributed by atoms with E-state index in [1.165, 1.54) is 29.7 Å². The molecule has 2 aromatic carbocycles. The fourth-order valence-corrected chi connectivity index (χ4v) is 4.97. The van der Waals surface area contributed by atoms with Crippen LogP contribution in [-0.2, 0) is 17.6 Å². The minimum atomic E-state index is -0.0160. The predicted molar refractivity (Wildman–Crippen MR) is 123 cm³/mol. The van der Waals surface area contributed by atoms with Crippen LogP contribution in [0.1, 0.15) is 37.8 Å². The number of nitrogens with one attached hydrogen (secondary N) is 1. The summed E-state index contributed by atoms with van der Waals surface area (Å²) < 4.78 is 5.25. The van der Waals surface area contributed by atoms with Crippen LogP contribution in [0.4, 0.5) is 11.4 Å². The average molecular weight is 408 g/mol. The first-order valence-electron chi connectivity index (χ1n) is 11.1. The molecule has 4 rings (SSSR count). The van der Waals surface area contributed by atoms with Gasteiger partial charge >= 0.3 is 0 Å². The van der Waals surface area contributed by atoms with E-state index >= 15 is 0 Å². The molecule has 2 aliphatic rings. The van der Waals surface area contributed by atoms with Crippen molar-refractivity contribution in [2.75, 3.05) is 37.0 Å². The number of carbonyl (C=O) groups is 1. The summed E-state index contributed by atoms with van der Waals surface area (Å²) in [6, 6.07) is 15.9. The summed E-state index contributed by atoms with van der Waals surface area (Å²) >= 11 is 0. The number of piperidine rings is 1. The van der Waals surface area contributed by atoms with Gasteiger partial charge in [0.25, 0.3) is 0 Å². The zero-order valence-electron chi connectivity index (χ0n) is 18.4. The highest BCUT2D eigenvalue weighted by molar-refractivity contribution is 5.89. The summed E-state index contributed by atoms with van der Waals surface area (Å²) in [6.45, 7) is 7.29. The molecule has 1 saturated heterocycles. The number of fused-ring (bicyclic) bond motifs is 1. The van der Waals surface area contributed by atoms with Gasteiger partial charge < -0.3 is 19.9 Å². The molecule has 1 atom stereocenters. The standard InChI is InChI=1S/C25H33N3O2/c1-18-16-21-6-7-22(26-19(2)29)17-25(21)28(18)23-11-14-27(15-12-23)13-10-20-4-8-24(30-3)9-5-20/h4-9,17-18,23H,10-16H2,1-3H3,(H,26,29). The Bertz CT molecular complexity index is 872. The number of hydrogen-bond acceptors (Lipinski definition) is 4. The third kappa shape index (κ3) is 4.62. The number of likely N-dealkylation sites (tertiary alicyclic amines) is 1. The van der Waals surface area contributed by atoms with Crippen molar-refractivity contribution in [2.45, 2.75) is 51.6 Å². The van der Waals surface area contributed by atoms with E-state index in [2.05, 4.69) is 46.3 Å². The van der Waals surface area contributed by atoms with E-state index in [1.54, 1.807) is 14.0 Å². The van der Waals surface area contributed by atoms with Crippen LogP contribution in [-0.4, -0.2) is 49.6 Å². The first-order valence-corrected chi connectivity index (χ1v) is 11.1. The van der Waals surface area contributed by atoms with Crippen LogP contribution in [0, 0.1) is 0 Å². The molecule has 2 aromatic rings. The average Bonchev–Trinajstić information content (AvgIpc) is 3.07. The number of ether oxygens (including phenoxy) is 1. The monoisotopic (exact) mass is 407 g/mol. The van der Waals surface area contributed by atoms with Gasteiger partial charge in [0.15, 0.2) is 0 Å². The van der Waals surface area contributed by atoms with Gasteiger partial charge in [-0.3, -0.25) is 4.79 Å². The van der Waals surface area contributed by atoms with Crippen molar-refractivity contribution in [2.24, 2.45) is 0 Å². The van der Waals surface area contributed by atoms with Crippen LogP contribution < -0.4 is 15.0 Å². The van der Waals surface area contributed by atoms with Crippen molar-refractivity contribution >= 4 is 17.3 Å². The number of anilines is 2. The van der Waals surface area contributed by atoms with E-state index in [9.17, 15) is 4.79 Å². The maximum atomic E-state index is 11.5. The molecule has 0 saturated carbocycles. The van der Waals surface area contributed by atoms with Crippen molar-refractivity contribution in [1.29, 1.82) is 0 Å². The number of hydrogen-bond donors (Lipinski definition) is 1. The number of benzene rings is 2. The SMILES string of the molecule is COc1ccc(CCN2CCC(N3c4cc(NC(C)=O)ccc4CC3C)CC2)cc1. The van der Waals surface area contributed by atoms with Crippen molar-refractivity contribution in [3.8, 4) is 5.75 Å². The molecule has 0 radical (unpaired) electrons. The summed E-state index contributed by atoms with van der Waals surface area (Å²) in [5.74, 6) is 0.902. The molecule has 2 heterocycles. The second kappa shape index (κ2) is 9.09. The number of amides is 1. The van der Waals surface area contributed by atoms with Gasteiger partial charge in [0.05, 0.1) is 7.11 Å². The Labute approximate surface area is 180 Å².